The molecule has 4 heteroatoms. The molecule has 0 fully saturated rings. The molecule has 0 saturated carbocycles. The summed E-state index contributed by atoms with van der Waals surface area (Å²) >= 11 is 0. The molecule has 2 nitrogen and oxygen atoms in total. The van der Waals surface area contributed by atoms with Crippen molar-refractivity contribution in [2.45, 2.75) is 19.8 Å². The van der Waals surface area contributed by atoms with Crippen molar-refractivity contribution in [2.75, 3.05) is 19.8 Å². The second kappa shape index (κ2) is 4.67. The highest BCUT2D eigenvalue weighted by molar-refractivity contribution is 4.87. The molecule has 0 amide bonds. The highest BCUT2D eigenvalue weighted by Gasteiger charge is 2.27. The van der Waals surface area contributed by atoms with Crippen LogP contribution in [0.25, 0.3) is 0 Å². The molecule has 0 aromatic rings. The maximum absolute atomic E-state index is 12.6. The number of hydrogen-bond donors (Lipinski definition) is 1. The zero-order valence-electron chi connectivity index (χ0n) is 8.15. The molecule has 0 radical (unpaired) electrons. The SMILES string of the molecule is C=CC(C)(C)COCC(F)(F)CN. The lowest BCUT2D eigenvalue weighted by atomic mass is 9.95. The van der Waals surface area contributed by atoms with Crippen molar-refractivity contribution in [2.24, 2.45) is 11.1 Å². The minimum Gasteiger partial charge on any atom is -0.374 e. The largest absolute Gasteiger partial charge is 0.374 e. The van der Waals surface area contributed by atoms with Crippen LogP contribution in [-0.2, 0) is 4.74 Å². The molecule has 0 bridgehead atoms. The van der Waals surface area contributed by atoms with Gasteiger partial charge in [-0.3, -0.25) is 0 Å². The van der Waals surface area contributed by atoms with Crippen LogP contribution < -0.4 is 5.73 Å². The van der Waals surface area contributed by atoms with Crippen molar-refractivity contribution >= 4 is 0 Å². The van der Waals surface area contributed by atoms with E-state index in [0.29, 0.717) is 0 Å². The molecule has 0 spiro atoms. The molecule has 2 N–H and O–H groups in total. The Labute approximate surface area is 77.8 Å². The molecular weight excluding hydrogens is 176 g/mol. The third-order valence-electron chi connectivity index (χ3n) is 1.64. The lowest BCUT2D eigenvalue weighted by molar-refractivity contribution is -0.0792. The van der Waals surface area contributed by atoms with Gasteiger partial charge in [0.25, 0.3) is 5.92 Å². The van der Waals surface area contributed by atoms with E-state index in [2.05, 4.69) is 6.58 Å². The Bertz CT molecular complexity index is 169. The second-order valence-electron chi connectivity index (χ2n) is 3.75. The first-order chi connectivity index (χ1) is 5.83. The van der Waals surface area contributed by atoms with E-state index in [-0.39, 0.29) is 12.0 Å². The smallest absolute Gasteiger partial charge is 0.282 e. The van der Waals surface area contributed by atoms with E-state index in [0.717, 1.165) is 0 Å². The zero-order valence-corrected chi connectivity index (χ0v) is 8.15. The maximum atomic E-state index is 12.6. The van der Waals surface area contributed by atoms with Crippen LogP contribution in [0.1, 0.15) is 13.8 Å². The molecule has 0 aliphatic heterocycles. The Hall–Kier alpha value is -0.480. The topological polar surface area (TPSA) is 35.2 Å². The molecule has 0 aromatic carbocycles. The van der Waals surface area contributed by atoms with Crippen LogP contribution in [0.4, 0.5) is 8.78 Å². The van der Waals surface area contributed by atoms with E-state index in [9.17, 15) is 8.78 Å². The predicted octanol–water partition coefficient (Wildman–Crippen LogP) is 1.81. The van der Waals surface area contributed by atoms with Crippen molar-refractivity contribution < 1.29 is 13.5 Å². The van der Waals surface area contributed by atoms with Gasteiger partial charge < -0.3 is 10.5 Å². The lowest BCUT2D eigenvalue weighted by Gasteiger charge is -2.21. The monoisotopic (exact) mass is 193 g/mol. The second-order valence-corrected chi connectivity index (χ2v) is 3.75. The molecule has 0 aliphatic rings. The standard InChI is InChI=1S/C9H17F2NO/c1-4-8(2,3)6-13-7-9(10,11)5-12/h4H,1,5-7,12H2,2-3H3. The number of halogens is 2. The van der Waals surface area contributed by atoms with E-state index in [1.54, 1.807) is 6.08 Å². The molecular formula is C9H17F2NO. The first-order valence-corrected chi connectivity index (χ1v) is 4.12. The number of rotatable bonds is 6. The molecule has 78 valence electrons. The Morgan fingerprint density at radius 3 is 2.31 bits per heavy atom. The molecule has 0 heterocycles. The van der Waals surface area contributed by atoms with Crippen molar-refractivity contribution in [1.29, 1.82) is 0 Å². The van der Waals surface area contributed by atoms with Gasteiger partial charge >= 0.3 is 0 Å². The van der Waals surface area contributed by atoms with Gasteiger partial charge in [-0.15, -0.1) is 6.58 Å². The van der Waals surface area contributed by atoms with E-state index in [4.69, 9.17) is 10.5 Å². The quantitative estimate of drug-likeness (QED) is 0.653. The first-order valence-electron chi connectivity index (χ1n) is 4.12. The van der Waals surface area contributed by atoms with E-state index in [1.807, 2.05) is 13.8 Å². The van der Waals surface area contributed by atoms with Crippen LogP contribution in [0.2, 0.25) is 0 Å². The van der Waals surface area contributed by atoms with Gasteiger partial charge in [-0.05, 0) is 0 Å². The fourth-order valence-electron chi connectivity index (χ4n) is 0.581. The van der Waals surface area contributed by atoms with Crippen molar-refractivity contribution in [3.63, 3.8) is 0 Å². The van der Waals surface area contributed by atoms with Gasteiger partial charge in [0.2, 0.25) is 0 Å². The van der Waals surface area contributed by atoms with Crippen LogP contribution in [-0.4, -0.2) is 25.7 Å². The fraction of sp³-hybridized carbons (Fsp3) is 0.778. The van der Waals surface area contributed by atoms with Crippen molar-refractivity contribution in [3.8, 4) is 0 Å². The summed E-state index contributed by atoms with van der Waals surface area (Å²) in [6, 6.07) is 0. The lowest BCUT2D eigenvalue weighted by Crippen LogP contribution is -2.34. The average Bonchev–Trinajstić information content (AvgIpc) is 2.04. The number of alkyl halides is 2. The van der Waals surface area contributed by atoms with Crippen LogP contribution in [0.15, 0.2) is 12.7 Å². The van der Waals surface area contributed by atoms with Crippen LogP contribution in [0.3, 0.4) is 0 Å². The summed E-state index contributed by atoms with van der Waals surface area (Å²) in [4.78, 5) is 0. The average molecular weight is 193 g/mol. The summed E-state index contributed by atoms with van der Waals surface area (Å²) < 4.78 is 30.0. The Morgan fingerprint density at radius 2 is 1.92 bits per heavy atom. The zero-order chi connectivity index (χ0) is 10.5. The summed E-state index contributed by atoms with van der Waals surface area (Å²) in [5, 5.41) is 0. The van der Waals surface area contributed by atoms with E-state index in [1.165, 1.54) is 0 Å². The molecule has 0 aromatic heterocycles. The van der Waals surface area contributed by atoms with Crippen LogP contribution in [0.5, 0.6) is 0 Å². The summed E-state index contributed by atoms with van der Waals surface area (Å²) in [7, 11) is 0. The van der Waals surface area contributed by atoms with Gasteiger partial charge in [-0.1, -0.05) is 19.9 Å². The van der Waals surface area contributed by atoms with Crippen molar-refractivity contribution in [1.82, 2.24) is 0 Å². The summed E-state index contributed by atoms with van der Waals surface area (Å²) in [5.74, 6) is -2.92. The molecule has 0 unspecified atom stereocenters. The van der Waals surface area contributed by atoms with Gasteiger partial charge in [0.1, 0.15) is 6.61 Å². The Balaban J connectivity index is 3.74. The first kappa shape index (κ1) is 12.5. The fourth-order valence-corrected chi connectivity index (χ4v) is 0.581. The predicted molar refractivity (Wildman–Crippen MR) is 48.8 cm³/mol. The normalized spacial score (nSPS) is 13.0. The van der Waals surface area contributed by atoms with Crippen LogP contribution >= 0.6 is 0 Å². The number of hydrogen-bond acceptors (Lipinski definition) is 2. The van der Waals surface area contributed by atoms with Crippen LogP contribution in [0, 0.1) is 5.41 Å². The van der Waals surface area contributed by atoms with Gasteiger partial charge in [0.15, 0.2) is 0 Å². The highest BCUT2D eigenvalue weighted by atomic mass is 19.3. The summed E-state index contributed by atoms with van der Waals surface area (Å²) in [6.45, 7) is 6.22. The Kier molecular flexibility index (Phi) is 4.50. The van der Waals surface area contributed by atoms with E-state index >= 15 is 0 Å². The summed E-state index contributed by atoms with van der Waals surface area (Å²) in [6.07, 6.45) is 1.67. The van der Waals surface area contributed by atoms with Gasteiger partial charge in [-0.25, -0.2) is 8.78 Å². The van der Waals surface area contributed by atoms with E-state index < -0.39 is 19.1 Å². The van der Waals surface area contributed by atoms with Gasteiger partial charge in [0.05, 0.1) is 13.2 Å². The number of ether oxygens (including phenoxy) is 1. The number of nitrogens with two attached hydrogens (primary N) is 1. The van der Waals surface area contributed by atoms with Crippen molar-refractivity contribution in [3.05, 3.63) is 12.7 Å². The third kappa shape index (κ3) is 5.71. The molecule has 13 heavy (non-hydrogen) atoms. The molecule has 0 atom stereocenters. The van der Waals surface area contributed by atoms with Gasteiger partial charge in [0, 0.05) is 5.41 Å². The molecule has 0 aliphatic carbocycles. The molecule has 0 saturated heterocycles. The minimum absolute atomic E-state index is 0.228. The maximum Gasteiger partial charge on any atom is 0.282 e. The Morgan fingerprint density at radius 1 is 1.38 bits per heavy atom. The third-order valence-corrected chi connectivity index (χ3v) is 1.64. The minimum atomic E-state index is -2.92. The molecule has 0 rings (SSSR count). The van der Waals surface area contributed by atoms with Gasteiger partial charge in [-0.2, -0.15) is 0 Å². The highest BCUT2D eigenvalue weighted by Crippen LogP contribution is 2.18. The summed E-state index contributed by atoms with van der Waals surface area (Å²) in [5.41, 5.74) is 4.57.